The Morgan fingerprint density at radius 3 is 2.08 bits per heavy atom. The number of alkyl halides is 1. The molecule has 3 rings (SSSR count). The molecule has 0 heterocycles. The average molecular weight is 324 g/mol. The van der Waals surface area contributed by atoms with Crippen LogP contribution in [0.15, 0.2) is 24.3 Å². The van der Waals surface area contributed by atoms with E-state index in [0.29, 0.717) is 12.0 Å². The predicted molar refractivity (Wildman–Crippen MR) is 96.8 cm³/mol. The molecule has 1 aliphatic carbocycles. The van der Waals surface area contributed by atoms with Crippen molar-refractivity contribution in [2.75, 3.05) is 0 Å². The van der Waals surface area contributed by atoms with Crippen LogP contribution in [0.1, 0.15) is 55.7 Å². The summed E-state index contributed by atoms with van der Waals surface area (Å²) < 4.78 is 15.7. The molecule has 0 aromatic heterocycles. The van der Waals surface area contributed by atoms with Gasteiger partial charge < -0.3 is 0 Å². The van der Waals surface area contributed by atoms with Gasteiger partial charge in [-0.15, -0.1) is 0 Å². The van der Waals surface area contributed by atoms with E-state index in [0.717, 1.165) is 22.3 Å². The van der Waals surface area contributed by atoms with Gasteiger partial charge in [-0.05, 0) is 86.4 Å². The first kappa shape index (κ1) is 16.9. The van der Waals surface area contributed by atoms with Gasteiger partial charge >= 0.3 is 0 Å². The second-order valence-corrected chi connectivity index (χ2v) is 7.23. The molecule has 1 aliphatic rings. The van der Waals surface area contributed by atoms with Gasteiger partial charge in [0.1, 0.15) is 0 Å². The normalized spacial score (nSPS) is 20.2. The Balaban J connectivity index is 2.05. The number of carbonyl (C=O) groups is 1. The summed E-state index contributed by atoms with van der Waals surface area (Å²) in [7, 11) is 0. The fraction of sp³-hybridized carbons (Fsp3) is 0.409. The zero-order valence-electron chi connectivity index (χ0n) is 15.2. The monoisotopic (exact) mass is 324 g/mol. The van der Waals surface area contributed by atoms with Crippen LogP contribution in [0.4, 0.5) is 4.39 Å². The average Bonchev–Trinajstić information content (AvgIpc) is 2.59. The molecule has 2 aromatic rings. The third kappa shape index (κ3) is 2.49. The number of carbonyl (C=O) groups excluding carboxylic acids is 1. The van der Waals surface area contributed by atoms with Crippen LogP contribution in [0.3, 0.4) is 0 Å². The number of hydrogen-bond acceptors (Lipinski definition) is 1. The van der Waals surface area contributed by atoms with Crippen LogP contribution >= 0.6 is 0 Å². The molecule has 0 saturated heterocycles. The highest BCUT2D eigenvalue weighted by molar-refractivity contribution is 6.04. The van der Waals surface area contributed by atoms with E-state index in [1.807, 2.05) is 18.2 Å². The summed E-state index contributed by atoms with van der Waals surface area (Å²) in [6.45, 7) is 10.4. The maximum Gasteiger partial charge on any atom is 0.200 e. The summed E-state index contributed by atoms with van der Waals surface area (Å²) in [4.78, 5) is 12.8. The third-order valence-electron chi connectivity index (χ3n) is 6.07. The summed E-state index contributed by atoms with van der Waals surface area (Å²) in [5.41, 5.74) is 6.67. The Hall–Kier alpha value is -1.96. The van der Waals surface area contributed by atoms with Crippen LogP contribution in [0.5, 0.6) is 0 Å². The van der Waals surface area contributed by atoms with Crippen LogP contribution in [0.2, 0.25) is 0 Å². The van der Waals surface area contributed by atoms with Crippen molar-refractivity contribution in [3.63, 3.8) is 0 Å². The van der Waals surface area contributed by atoms with Gasteiger partial charge in [-0.1, -0.05) is 24.3 Å². The minimum absolute atomic E-state index is 0.180. The van der Waals surface area contributed by atoms with Crippen molar-refractivity contribution in [2.45, 2.75) is 59.5 Å². The number of hydrogen-bond donors (Lipinski definition) is 0. The topological polar surface area (TPSA) is 17.1 Å². The van der Waals surface area contributed by atoms with Crippen molar-refractivity contribution in [2.24, 2.45) is 0 Å². The van der Waals surface area contributed by atoms with Gasteiger partial charge in [0.05, 0.1) is 0 Å². The summed E-state index contributed by atoms with van der Waals surface area (Å²) in [6.07, 6.45) is 1.08. The zero-order chi connectivity index (χ0) is 17.6. The number of fused-ring (bicyclic) bond motifs is 1. The zero-order valence-corrected chi connectivity index (χ0v) is 15.2. The molecule has 0 amide bonds. The van der Waals surface area contributed by atoms with Gasteiger partial charge in [0.15, 0.2) is 5.67 Å². The van der Waals surface area contributed by atoms with Gasteiger partial charge in [-0.3, -0.25) is 4.79 Å². The third-order valence-corrected chi connectivity index (χ3v) is 6.07. The largest absolute Gasteiger partial charge is 0.291 e. The van der Waals surface area contributed by atoms with E-state index in [2.05, 4.69) is 34.6 Å². The first-order valence-corrected chi connectivity index (χ1v) is 8.63. The highest BCUT2D eigenvalue weighted by Gasteiger charge is 2.43. The number of ketones is 1. The van der Waals surface area contributed by atoms with Gasteiger partial charge in [0, 0.05) is 12.0 Å². The summed E-state index contributed by atoms with van der Waals surface area (Å²) >= 11 is 0. The fourth-order valence-electron chi connectivity index (χ4n) is 3.94. The van der Waals surface area contributed by atoms with E-state index >= 15 is 4.39 Å². The molecule has 0 bridgehead atoms. The molecule has 1 atom stereocenters. The van der Waals surface area contributed by atoms with Crippen molar-refractivity contribution < 1.29 is 9.18 Å². The van der Waals surface area contributed by atoms with Crippen molar-refractivity contribution in [1.29, 1.82) is 0 Å². The van der Waals surface area contributed by atoms with Crippen molar-refractivity contribution >= 4 is 5.78 Å². The maximum absolute atomic E-state index is 15.7. The van der Waals surface area contributed by atoms with Gasteiger partial charge in [-0.25, -0.2) is 4.39 Å². The Morgan fingerprint density at radius 1 is 0.917 bits per heavy atom. The van der Waals surface area contributed by atoms with E-state index in [-0.39, 0.29) is 18.6 Å². The second-order valence-electron chi connectivity index (χ2n) is 7.23. The number of benzene rings is 2. The van der Waals surface area contributed by atoms with Crippen molar-refractivity contribution in [3.8, 4) is 0 Å². The van der Waals surface area contributed by atoms with E-state index in [1.54, 1.807) is 6.07 Å². The lowest BCUT2D eigenvalue weighted by Crippen LogP contribution is -2.41. The lowest BCUT2D eigenvalue weighted by Gasteiger charge is -2.31. The summed E-state index contributed by atoms with van der Waals surface area (Å²) in [6, 6.07) is 7.43. The molecular formula is C22H25FO. The van der Waals surface area contributed by atoms with Crippen LogP contribution < -0.4 is 0 Å². The van der Waals surface area contributed by atoms with Gasteiger partial charge in [-0.2, -0.15) is 0 Å². The highest BCUT2D eigenvalue weighted by atomic mass is 19.1. The smallest absolute Gasteiger partial charge is 0.200 e. The molecule has 0 N–H and O–H groups in total. The Kier molecular flexibility index (Phi) is 4.11. The second kappa shape index (κ2) is 5.84. The Labute approximate surface area is 143 Å². The minimum atomic E-state index is -1.79. The van der Waals surface area contributed by atoms with E-state index in [4.69, 9.17) is 0 Å². The molecule has 1 nitrogen and oxygen atoms in total. The molecule has 0 unspecified atom stereocenters. The van der Waals surface area contributed by atoms with Gasteiger partial charge in [0.25, 0.3) is 0 Å². The van der Waals surface area contributed by atoms with Crippen LogP contribution in [-0.4, -0.2) is 11.5 Å². The molecule has 24 heavy (non-hydrogen) atoms. The molecule has 0 spiro atoms. The Bertz CT molecular complexity index is 805. The van der Waals surface area contributed by atoms with E-state index < -0.39 is 5.67 Å². The standard InChI is InChI=1S/C22H25FO/c1-13-14(2)16(4)20(17(5)15(13)3)12-22(23)11-10-18-8-6-7-9-19(18)21(22)24/h6-9H,10-12H2,1-5H3/t22-/m0/s1. The lowest BCUT2D eigenvalue weighted by molar-refractivity contribution is 0.0636. The number of halogens is 1. The molecule has 0 radical (unpaired) electrons. The quantitative estimate of drug-likeness (QED) is 0.732. The number of rotatable bonds is 2. The van der Waals surface area contributed by atoms with Crippen LogP contribution in [0.25, 0.3) is 0 Å². The molecule has 2 heteroatoms. The Morgan fingerprint density at radius 2 is 1.46 bits per heavy atom. The first-order valence-electron chi connectivity index (χ1n) is 8.63. The van der Waals surface area contributed by atoms with Crippen LogP contribution in [0, 0.1) is 34.6 Å². The van der Waals surface area contributed by atoms with Crippen molar-refractivity contribution in [3.05, 3.63) is 68.8 Å². The fourth-order valence-corrected chi connectivity index (χ4v) is 3.94. The SMILES string of the molecule is Cc1c(C)c(C)c(C[C@@]2(F)CCc3ccccc3C2=O)c(C)c1C. The van der Waals surface area contributed by atoms with E-state index in [1.165, 1.54) is 16.7 Å². The molecule has 126 valence electrons. The molecule has 0 aliphatic heterocycles. The number of Topliss-reactive ketones (excluding diaryl/α,β-unsaturated/α-hetero) is 1. The summed E-state index contributed by atoms with van der Waals surface area (Å²) in [5.74, 6) is -0.348. The molecule has 2 aromatic carbocycles. The van der Waals surface area contributed by atoms with Crippen molar-refractivity contribution in [1.82, 2.24) is 0 Å². The molecule has 0 saturated carbocycles. The maximum atomic E-state index is 15.7. The molecule has 0 fully saturated rings. The van der Waals surface area contributed by atoms with Gasteiger partial charge in [0.2, 0.25) is 5.78 Å². The van der Waals surface area contributed by atoms with E-state index in [9.17, 15) is 4.79 Å². The molecular weight excluding hydrogens is 299 g/mol. The first-order chi connectivity index (χ1) is 11.3. The summed E-state index contributed by atoms with van der Waals surface area (Å²) in [5, 5.41) is 0. The highest BCUT2D eigenvalue weighted by Crippen LogP contribution is 2.37. The lowest BCUT2D eigenvalue weighted by atomic mass is 9.75. The predicted octanol–water partition coefficient (Wildman–Crippen LogP) is 5.31. The number of aryl methyl sites for hydroxylation is 1. The minimum Gasteiger partial charge on any atom is -0.291 e. The van der Waals surface area contributed by atoms with Crippen LogP contribution in [-0.2, 0) is 12.8 Å².